The molecule has 0 aromatic rings. The Labute approximate surface area is 105 Å². The predicted octanol–water partition coefficient (Wildman–Crippen LogP) is 2.55. The smallest absolute Gasteiger partial charge is 0.277 e. The van der Waals surface area contributed by atoms with Gasteiger partial charge in [-0.15, -0.1) is 23.2 Å². The lowest BCUT2D eigenvalue weighted by Gasteiger charge is -2.28. The molecule has 0 spiro atoms. The number of halogens is 2. The van der Waals surface area contributed by atoms with Crippen molar-refractivity contribution in [3.05, 3.63) is 0 Å². The van der Waals surface area contributed by atoms with Gasteiger partial charge in [-0.1, -0.05) is 0 Å². The summed E-state index contributed by atoms with van der Waals surface area (Å²) in [6.45, 7) is 4.49. The first kappa shape index (κ1) is 14.1. The maximum absolute atomic E-state index is 10.4. The second-order valence-corrected chi connectivity index (χ2v) is 6.07. The normalized spacial score (nSPS) is 25.1. The fraction of sp³-hybridized carbons (Fsp3) is 0.750. The van der Waals surface area contributed by atoms with E-state index in [4.69, 9.17) is 23.2 Å². The average molecular weight is 285 g/mol. The van der Waals surface area contributed by atoms with Gasteiger partial charge in [0.25, 0.3) is 7.58 Å². The second-order valence-electron chi connectivity index (χ2n) is 3.27. The molecule has 16 heavy (non-hydrogen) atoms. The molecular formula is C8H15Cl2N4OP. The number of hydrogen-bond donors (Lipinski definition) is 1. The molecule has 0 radical (unpaired) electrons. The van der Waals surface area contributed by atoms with Crippen LogP contribution >= 0.6 is 30.8 Å². The molecule has 1 N–H and O–H groups in total. The number of amidine groups is 2. The zero-order valence-corrected chi connectivity index (χ0v) is 11.7. The lowest BCUT2D eigenvalue weighted by molar-refractivity contribution is 0.435. The summed E-state index contributed by atoms with van der Waals surface area (Å²) in [6, 6.07) is 0. The minimum absolute atomic E-state index is 0.402. The molecule has 1 atom stereocenters. The van der Waals surface area contributed by atoms with E-state index in [1.54, 1.807) is 18.5 Å². The molecule has 0 aromatic heterocycles. The van der Waals surface area contributed by atoms with Crippen molar-refractivity contribution in [3.8, 4) is 0 Å². The van der Waals surface area contributed by atoms with Crippen molar-refractivity contribution in [3.63, 3.8) is 0 Å². The first-order valence-corrected chi connectivity index (χ1v) is 7.53. The van der Waals surface area contributed by atoms with Gasteiger partial charge in [-0.25, -0.2) is 9.66 Å². The highest BCUT2D eigenvalue weighted by molar-refractivity contribution is 7.57. The molecule has 0 aliphatic carbocycles. The first-order valence-electron chi connectivity index (χ1n) is 4.86. The monoisotopic (exact) mass is 284 g/mol. The standard InChI is InChI=1S/C8H15Cl2N4OP/c1-7-11-8(2)13-16(15,12-7)14(5-3-9)6-4-10/h15H,3-6H2,1-2H3. The van der Waals surface area contributed by atoms with Crippen LogP contribution in [0.3, 0.4) is 0 Å². The molecule has 0 saturated carbocycles. The van der Waals surface area contributed by atoms with E-state index in [1.807, 2.05) is 0 Å². The highest BCUT2D eigenvalue weighted by atomic mass is 35.5. The molecule has 1 aliphatic rings. The Morgan fingerprint density at radius 3 is 2.19 bits per heavy atom. The molecule has 1 unspecified atom stereocenters. The third-order valence-corrected chi connectivity index (χ3v) is 4.56. The molecule has 0 amide bonds. The molecule has 0 aromatic carbocycles. The maximum Gasteiger partial charge on any atom is 0.277 e. The first-order chi connectivity index (χ1) is 7.51. The van der Waals surface area contributed by atoms with Crippen molar-refractivity contribution in [2.24, 2.45) is 14.5 Å². The molecule has 0 saturated heterocycles. The van der Waals surface area contributed by atoms with Crippen LogP contribution in [0.2, 0.25) is 0 Å². The van der Waals surface area contributed by atoms with Crippen LogP contribution < -0.4 is 0 Å². The van der Waals surface area contributed by atoms with Crippen molar-refractivity contribution < 1.29 is 4.89 Å². The van der Waals surface area contributed by atoms with Crippen molar-refractivity contribution in [2.75, 3.05) is 24.8 Å². The van der Waals surface area contributed by atoms with Gasteiger partial charge in [0.15, 0.2) is 0 Å². The predicted molar refractivity (Wildman–Crippen MR) is 70.8 cm³/mol. The summed E-state index contributed by atoms with van der Waals surface area (Å²) >= 11 is 11.4. The molecule has 8 heteroatoms. The van der Waals surface area contributed by atoms with Crippen LogP contribution in [0.5, 0.6) is 0 Å². The Balaban J connectivity index is 3.03. The van der Waals surface area contributed by atoms with Gasteiger partial charge in [0.2, 0.25) is 0 Å². The maximum atomic E-state index is 10.4. The quantitative estimate of drug-likeness (QED) is 0.623. The van der Waals surface area contributed by atoms with Crippen LogP contribution in [0, 0.1) is 0 Å². The highest BCUT2D eigenvalue weighted by Crippen LogP contribution is 2.52. The van der Waals surface area contributed by atoms with Gasteiger partial charge in [0.1, 0.15) is 11.7 Å². The second kappa shape index (κ2) is 6.12. The summed E-state index contributed by atoms with van der Waals surface area (Å²) in [5.74, 6) is 1.88. The summed E-state index contributed by atoms with van der Waals surface area (Å²) in [5, 5.41) is 0. The molecule has 1 aliphatic heterocycles. The van der Waals surface area contributed by atoms with Gasteiger partial charge in [-0.05, 0) is 13.8 Å². The molecule has 1 heterocycles. The Morgan fingerprint density at radius 1 is 1.19 bits per heavy atom. The topological polar surface area (TPSA) is 60.6 Å². The Morgan fingerprint density at radius 2 is 1.75 bits per heavy atom. The van der Waals surface area contributed by atoms with E-state index in [1.165, 1.54) is 0 Å². The van der Waals surface area contributed by atoms with Gasteiger partial charge < -0.3 is 4.89 Å². The van der Waals surface area contributed by atoms with Crippen LogP contribution in [-0.2, 0) is 0 Å². The number of alkyl halides is 2. The lowest BCUT2D eigenvalue weighted by atomic mass is 10.6. The van der Waals surface area contributed by atoms with Crippen molar-refractivity contribution in [2.45, 2.75) is 13.8 Å². The number of nitrogens with zero attached hydrogens (tertiary/aromatic N) is 4. The van der Waals surface area contributed by atoms with Gasteiger partial charge in [-0.3, -0.25) is 0 Å². The largest absolute Gasteiger partial charge is 0.331 e. The summed E-state index contributed by atoms with van der Waals surface area (Å²) in [5.41, 5.74) is 0. The van der Waals surface area contributed by atoms with E-state index in [9.17, 15) is 4.89 Å². The van der Waals surface area contributed by atoms with Gasteiger partial charge in [0.05, 0.1) is 0 Å². The zero-order valence-electron chi connectivity index (χ0n) is 9.27. The van der Waals surface area contributed by atoms with Crippen LogP contribution in [0.1, 0.15) is 13.8 Å². The van der Waals surface area contributed by atoms with Crippen LogP contribution in [0.4, 0.5) is 0 Å². The van der Waals surface area contributed by atoms with Crippen LogP contribution in [0.15, 0.2) is 14.5 Å². The van der Waals surface area contributed by atoms with Crippen molar-refractivity contribution in [1.29, 1.82) is 0 Å². The van der Waals surface area contributed by atoms with Gasteiger partial charge >= 0.3 is 0 Å². The third-order valence-electron chi connectivity index (χ3n) is 1.95. The zero-order chi connectivity index (χ0) is 12.2. The number of rotatable bonds is 5. The molecular weight excluding hydrogens is 270 g/mol. The summed E-state index contributed by atoms with van der Waals surface area (Å²) in [6.07, 6.45) is 0. The fourth-order valence-electron chi connectivity index (χ4n) is 1.39. The van der Waals surface area contributed by atoms with E-state index in [-0.39, 0.29) is 0 Å². The van der Waals surface area contributed by atoms with Gasteiger partial charge in [0, 0.05) is 24.8 Å². The average Bonchev–Trinajstić information content (AvgIpc) is 2.15. The minimum Gasteiger partial charge on any atom is -0.331 e. The number of aliphatic imine (C=N–C) groups is 1. The third kappa shape index (κ3) is 3.54. The molecule has 92 valence electrons. The van der Waals surface area contributed by atoms with Gasteiger partial charge in [-0.2, -0.15) is 9.51 Å². The Hall–Kier alpha value is 0.0700. The molecule has 5 nitrogen and oxygen atoms in total. The van der Waals surface area contributed by atoms with Crippen LogP contribution in [0.25, 0.3) is 0 Å². The number of hydrogen-bond acceptors (Lipinski definition) is 4. The van der Waals surface area contributed by atoms with E-state index >= 15 is 0 Å². The summed E-state index contributed by atoms with van der Waals surface area (Å²) < 4.78 is 10.0. The Kier molecular flexibility index (Phi) is 5.41. The van der Waals surface area contributed by atoms with Crippen LogP contribution in [-0.4, -0.2) is 46.1 Å². The van der Waals surface area contributed by atoms with E-state index in [0.29, 0.717) is 36.5 Å². The van der Waals surface area contributed by atoms with E-state index in [0.717, 1.165) is 0 Å². The van der Waals surface area contributed by atoms with E-state index in [2.05, 4.69) is 14.5 Å². The SMILES string of the molecule is CC1=NC(C)=NP(O)(N(CCCl)CCCl)=N1. The lowest BCUT2D eigenvalue weighted by Crippen LogP contribution is -2.25. The van der Waals surface area contributed by atoms with Crippen molar-refractivity contribution >= 4 is 42.5 Å². The fourth-order valence-corrected chi connectivity index (χ4v) is 3.94. The highest BCUT2D eigenvalue weighted by Gasteiger charge is 2.27. The van der Waals surface area contributed by atoms with Crippen molar-refractivity contribution in [1.82, 2.24) is 4.67 Å². The summed E-state index contributed by atoms with van der Waals surface area (Å²) in [7, 11) is -2.87. The van der Waals surface area contributed by atoms with E-state index < -0.39 is 7.58 Å². The minimum atomic E-state index is -2.87. The molecule has 1 rings (SSSR count). The molecule has 0 bridgehead atoms. The summed E-state index contributed by atoms with van der Waals surface area (Å²) in [4.78, 5) is 14.5. The Bertz CT molecular complexity index is 360. The molecule has 0 fully saturated rings.